The second kappa shape index (κ2) is 5.89. The lowest BCUT2D eigenvalue weighted by Crippen LogP contribution is -2.24. The molecule has 0 aliphatic carbocycles. The van der Waals surface area contributed by atoms with Gasteiger partial charge in [-0.05, 0) is 12.1 Å². The third-order valence-corrected chi connectivity index (χ3v) is 3.46. The molecule has 0 aliphatic rings. The number of amides is 1. The quantitative estimate of drug-likeness (QED) is 0.804. The third-order valence-electron chi connectivity index (χ3n) is 3.46. The van der Waals surface area contributed by atoms with Gasteiger partial charge in [-0.2, -0.15) is 0 Å². The van der Waals surface area contributed by atoms with E-state index in [9.17, 15) is 4.79 Å². The van der Waals surface area contributed by atoms with Gasteiger partial charge in [-0.3, -0.25) is 4.79 Å². The molecule has 2 heterocycles. The second-order valence-electron chi connectivity index (χ2n) is 5.21. The van der Waals surface area contributed by atoms with Gasteiger partial charge in [-0.25, -0.2) is 4.98 Å². The van der Waals surface area contributed by atoms with Crippen LogP contribution in [0.25, 0.3) is 11.0 Å². The highest BCUT2D eigenvalue weighted by Gasteiger charge is 2.14. The maximum atomic E-state index is 12.4. The smallest absolute Gasteiger partial charge is 0.255 e. The number of para-hydroxylation sites is 1. The van der Waals surface area contributed by atoms with Gasteiger partial charge in [-0.15, -0.1) is 0 Å². The average molecular weight is 295 g/mol. The molecule has 0 unspecified atom stereocenters. The predicted octanol–water partition coefficient (Wildman–Crippen LogP) is 2.82. The number of hydrogen-bond acceptors (Lipinski definition) is 4. The first-order chi connectivity index (χ1) is 10.7. The number of aromatic nitrogens is 1. The van der Waals surface area contributed by atoms with E-state index in [-0.39, 0.29) is 5.91 Å². The van der Waals surface area contributed by atoms with Crippen molar-refractivity contribution in [2.45, 2.75) is 6.54 Å². The van der Waals surface area contributed by atoms with Crippen molar-refractivity contribution in [3.05, 3.63) is 60.0 Å². The van der Waals surface area contributed by atoms with Gasteiger partial charge in [0.15, 0.2) is 0 Å². The lowest BCUT2D eigenvalue weighted by atomic mass is 10.1. The van der Waals surface area contributed by atoms with Crippen LogP contribution in [0.2, 0.25) is 0 Å². The van der Waals surface area contributed by atoms with Gasteiger partial charge >= 0.3 is 0 Å². The molecular weight excluding hydrogens is 278 g/mol. The molecule has 1 amide bonds. The van der Waals surface area contributed by atoms with E-state index in [1.165, 1.54) is 6.26 Å². The first-order valence-corrected chi connectivity index (χ1v) is 7.02. The Bertz CT molecular complexity index is 808. The van der Waals surface area contributed by atoms with Crippen molar-refractivity contribution in [2.75, 3.05) is 19.0 Å². The highest BCUT2D eigenvalue weighted by atomic mass is 16.3. The molecule has 0 aliphatic heterocycles. The molecule has 5 nitrogen and oxygen atoms in total. The molecule has 0 saturated carbocycles. The summed E-state index contributed by atoms with van der Waals surface area (Å²) in [6.45, 7) is 0.416. The molecule has 2 aromatic heterocycles. The van der Waals surface area contributed by atoms with Crippen LogP contribution in [0.4, 0.5) is 5.82 Å². The summed E-state index contributed by atoms with van der Waals surface area (Å²) in [5, 5.41) is 3.74. The van der Waals surface area contributed by atoms with Crippen LogP contribution in [0.3, 0.4) is 0 Å². The Balaban J connectivity index is 1.78. The van der Waals surface area contributed by atoms with E-state index in [0.29, 0.717) is 17.7 Å². The number of furan rings is 1. The third kappa shape index (κ3) is 2.65. The predicted molar refractivity (Wildman–Crippen MR) is 85.9 cm³/mol. The summed E-state index contributed by atoms with van der Waals surface area (Å²) in [6.07, 6.45) is 3.24. The zero-order valence-corrected chi connectivity index (χ0v) is 12.5. The van der Waals surface area contributed by atoms with Crippen LogP contribution in [-0.2, 0) is 6.54 Å². The molecule has 112 valence electrons. The minimum Gasteiger partial charge on any atom is -0.463 e. The molecule has 5 heteroatoms. The Morgan fingerprint density at radius 2 is 2.05 bits per heavy atom. The number of pyridine rings is 1. The molecule has 0 fully saturated rings. The Kier molecular flexibility index (Phi) is 3.78. The van der Waals surface area contributed by atoms with Crippen LogP contribution in [0, 0.1) is 0 Å². The van der Waals surface area contributed by atoms with E-state index in [2.05, 4.69) is 10.3 Å². The highest BCUT2D eigenvalue weighted by molar-refractivity contribution is 6.05. The summed E-state index contributed by atoms with van der Waals surface area (Å²) in [5.74, 6) is 0.693. The van der Waals surface area contributed by atoms with E-state index in [4.69, 9.17) is 4.42 Å². The van der Waals surface area contributed by atoms with Gasteiger partial charge in [0.05, 0.1) is 5.56 Å². The molecule has 1 aromatic carbocycles. The van der Waals surface area contributed by atoms with Gasteiger partial charge in [0.25, 0.3) is 5.91 Å². The van der Waals surface area contributed by atoms with Gasteiger partial charge in [0.2, 0.25) is 0 Å². The molecule has 3 rings (SSSR count). The highest BCUT2D eigenvalue weighted by Crippen LogP contribution is 2.21. The summed E-state index contributed by atoms with van der Waals surface area (Å²) >= 11 is 0. The fourth-order valence-corrected chi connectivity index (χ4v) is 2.40. The van der Waals surface area contributed by atoms with E-state index < -0.39 is 0 Å². The molecule has 3 aromatic rings. The second-order valence-corrected chi connectivity index (χ2v) is 5.21. The van der Waals surface area contributed by atoms with Crippen LogP contribution < -0.4 is 10.2 Å². The standard InChI is InChI=1S/C17H17N3O2/c1-20(2)16-12(6-5-9-18-16)10-19-17(21)14-11-22-15-8-4-3-7-13(14)15/h3-9,11H,10H2,1-2H3,(H,19,21). The number of nitrogens with one attached hydrogen (secondary N) is 1. The normalized spacial score (nSPS) is 10.6. The number of anilines is 1. The van der Waals surface area contributed by atoms with Crippen molar-refractivity contribution in [3.8, 4) is 0 Å². The largest absolute Gasteiger partial charge is 0.463 e. The number of carbonyl (C=O) groups excluding carboxylic acids is 1. The number of fused-ring (bicyclic) bond motifs is 1. The Labute approximate surface area is 128 Å². The Morgan fingerprint density at radius 1 is 1.23 bits per heavy atom. The SMILES string of the molecule is CN(C)c1ncccc1CNC(=O)c1coc2ccccc12. The topological polar surface area (TPSA) is 58.4 Å². The molecule has 0 spiro atoms. The van der Waals surface area contributed by atoms with Crippen molar-refractivity contribution < 1.29 is 9.21 Å². The molecule has 1 N–H and O–H groups in total. The Morgan fingerprint density at radius 3 is 2.86 bits per heavy atom. The maximum absolute atomic E-state index is 12.4. The summed E-state index contributed by atoms with van der Waals surface area (Å²) in [6, 6.07) is 11.3. The van der Waals surface area contributed by atoms with Crippen molar-refractivity contribution in [1.29, 1.82) is 0 Å². The van der Waals surface area contributed by atoms with E-state index in [1.807, 2.05) is 55.4 Å². The van der Waals surface area contributed by atoms with Crippen molar-refractivity contribution in [1.82, 2.24) is 10.3 Å². The minimum atomic E-state index is -0.154. The first kappa shape index (κ1) is 14.1. The minimum absolute atomic E-state index is 0.154. The van der Waals surface area contributed by atoms with Crippen molar-refractivity contribution in [2.24, 2.45) is 0 Å². The van der Waals surface area contributed by atoms with Crippen molar-refractivity contribution >= 4 is 22.7 Å². The molecular formula is C17H17N3O2. The number of benzene rings is 1. The van der Waals surface area contributed by atoms with Crippen LogP contribution in [0.5, 0.6) is 0 Å². The summed E-state index contributed by atoms with van der Waals surface area (Å²) < 4.78 is 5.40. The maximum Gasteiger partial charge on any atom is 0.255 e. The van der Waals surface area contributed by atoms with E-state index in [1.54, 1.807) is 6.20 Å². The van der Waals surface area contributed by atoms with E-state index >= 15 is 0 Å². The summed E-state index contributed by atoms with van der Waals surface area (Å²) in [7, 11) is 3.86. The lowest BCUT2D eigenvalue weighted by Gasteiger charge is -2.15. The zero-order valence-electron chi connectivity index (χ0n) is 12.5. The van der Waals surface area contributed by atoms with Crippen LogP contribution in [0.15, 0.2) is 53.3 Å². The van der Waals surface area contributed by atoms with Crippen molar-refractivity contribution in [3.63, 3.8) is 0 Å². The Hall–Kier alpha value is -2.82. The molecule has 0 radical (unpaired) electrons. The van der Waals surface area contributed by atoms with Gasteiger partial charge in [0.1, 0.15) is 17.7 Å². The fraction of sp³-hybridized carbons (Fsp3) is 0.176. The van der Waals surface area contributed by atoms with E-state index in [0.717, 1.165) is 16.8 Å². The number of rotatable bonds is 4. The zero-order chi connectivity index (χ0) is 15.5. The molecule has 0 atom stereocenters. The van der Waals surface area contributed by atoms with Gasteiger partial charge in [-0.1, -0.05) is 24.3 Å². The van der Waals surface area contributed by atoms with Gasteiger partial charge < -0.3 is 14.6 Å². The summed E-state index contributed by atoms with van der Waals surface area (Å²) in [4.78, 5) is 18.6. The summed E-state index contributed by atoms with van der Waals surface area (Å²) in [5.41, 5.74) is 2.22. The molecule has 0 saturated heterocycles. The number of nitrogens with zero attached hydrogens (tertiary/aromatic N) is 2. The molecule has 22 heavy (non-hydrogen) atoms. The lowest BCUT2D eigenvalue weighted by molar-refractivity contribution is 0.0951. The number of carbonyl (C=O) groups is 1. The fourth-order valence-electron chi connectivity index (χ4n) is 2.40. The first-order valence-electron chi connectivity index (χ1n) is 7.02. The monoisotopic (exact) mass is 295 g/mol. The average Bonchev–Trinajstić information content (AvgIpc) is 2.97. The molecule has 0 bridgehead atoms. The van der Waals surface area contributed by atoms with Crippen LogP contribution in [-0.4, -0.2) is 25.0 Å². The van der Waals surface area contributed by atoms with Gasteiger partial charge in [0, 0.05) is 37.8 Å². The van der Waals surface area contributed by atoms with Crippen LogP contribution in [0.1, 0.15) is 15.9 Å². The van der Waals surface area contributed by atoms with Crippen LogP contribution >= 0.6 is 0 Å². The number of hydrogen-bond donors (Lipinski definition) is 1.